The topological polar surface area (TPSA) is 85.3 Å². The lowest BCUT2D eigenvalue weighted by Crippen LogP contribution is -2.35. The van der Waals surface area contributed by atoms with Gasteiger partial charge in [0.15, 0.2) is 17.3 Å². The van der Waals surface area contributed by atoms with Gasteiger partial charge in [-0.1, -0.05) is 17.7 Å². The molecule has 2 rings (SSSR count). The largest absolute Gasteiger partial charge is 0.298 e. The number of Topliss-reactive ketones (excluding diaryl/α,β-unsaturated/α-hetero) is 3. The number of carbonyl (C=O) groups is 3. The Morgan fingerprint density at radius 2 is 1.81 bits per heavy atom. The number of hydrogen-bond acceptors (Lipinski definition) is 5. The smallest absolute Gasteiger partial charge is 0.182 e. The first-order valence-electron chi connectivity index (χ1n) is 6.40. The van der Waals surface area contributed by atoms with E-state index in [2.05, 4.69) is 0 Å². The van der Waals surface area contributed by atoms with Gasteiger partial charge in [-0.15, -0.1) is 0 Å². The van der Waals surface area contributed by atoms with Crippen molar-refractivity contribution in [3.8, 4) is 0 Å². The summed E-state index contributed by atoms with van der Waals surface area (Å²) in [6, 6.07) is 4.20. The second-order valence-corrected chi connectivity index (χ2v) is 6.28. The van der Waals surface area contributed by atoms with Crippen molar-refractivity contribution >= 4 is 39.7 Å². The average molecular weight is 329 g/mol. The van der Waals surface area contributed by atoms with Crippen LogP contribution in [0.3, 0.4) is 0 Å². The van der Waals surface area contributed by atoms with Crippen LogP contribution in [0, 0.1) is 5.92 Å². The van der Waals surface area contributed by atoms with E-state index in [4.69, 9.17) is 11.6 Å². The van der Waals surface area contributed by atoms with Gasteiger partial charge in [-0.2, -0.15) is 0 Å². The zero-order chi connectivity index (χ0) is 15.6. The standard InChI is InChI=1S/C14H13ClO5S/c15-10-6-8(7-21(19)20)4-5-9(10)14(18)13-11(16)2-1-3-12(13)17/h4-6,13,21H,1-3,7H2. The Morgan fingerprint density at radius 3 is 2.33 bits per heavy atom. The van der Waals surface area contributed by atoms with Gasteiger partial charge >= 0.3 is 0 Å². The zero-order valence-electron chi connectivity index (χ0n) is 11.0. The van der Waals surface area contributed by atoms with E-state index in [1.54, 1.807) is 0 Å². The number of halogens is 1. The van der Waals surface area contributed by atoms with Crippen LogP contribution in [0.5, 0.6) is 0 Å². The van der Waals surface area contributed by atoms with Crippen LogP contribution in [0.15, 0.2) is 18.2 Å². The third kappa shape index (κ3) is 3.57. The number of thiol groups is 1. The van der Waals surface area contributed by atoms with Gasteiger partial charge in [0, 0.05) is 18.4 Å². The first-order chi connectivity index (χ1) is 9.90. The Hall–Kier alpha value is -1.53. The fourth-order valence-corrected chi connectivity index (χ4v) is 3.15. The van der Waals surface area contributed by atoms with Crippen molar-refractivity contribution in [2.75, 3.05) is 0 Å². The van der Waals surface area contributed by atoms with Crippen LogP contribution in [0.1, 0.15) is 35.2 Å². The molecular weight excluding hydrogens is 316 g/mol. The molecule has 1 aliphatic rings. The number of ketones is 3. The molecule has 21 heavy (non-hydrogen) atoms. The van der Waals surface area contributed by atoms with E-state index in [0.717, 1.165) is 0 Å². The van der Waals surface area contributed by atoms with Gasteiger partial charge in [-0.25, -0.2) is 8.42 Å². The molecule has 1 aromatic rings. The molecule has 7 heteroatoms. The van der Waals surface area contributed by atoms with Gasteiger partial charge in [0.1, 0.15) is 16.6 Å². The first-order valence-corrected chi connectivity index (χ1v) is 8.14. The molecule has 0 bridgehead atoms. The normalized spacial score (nSPS) is 16.5. The molecule has 0 aromatic heterocycles. The monoisotopic (exact) mass is 328 g/mol. The summed E-state index contributed by atoms with van der Waals surface area (Å²) in [7, 11) is -2.59. The molecule has 0 aliphatic heterocycles. The molecule has 1 saturated carbocycles. The van der Waals surface area contributed by atoms with Crippen molar-refractivity contribution in [3.05, 3.63) is 34.3 Å². The van der Waals surface area contributed by atoms with Crippen LogP contribution in [0.25, 0.3) is 0 Å². The Kier molecular flexibility index (Phi) is 4.90. The van der Waals surface area contributed by atoms with Crippen LogP contribution in [0.4, 0.5) is 0 Å². The minimum atomic E-state index is -2.59. The minimum Gasteiger partial charge on any atom is -0.298 e. The summed E-state index contributed by atoms with van der Waals surface area (Å²) in [5.74, 6) is -2.80. The van der Waals surface area contributed by atoms with Crippen molar-refractivity contribution < 1.29 is 22.8 Å². The maximum absolute atomic E-state index is 12.3. The van der Waals surface area contributed by atoms with E-state index in [1.165, 1.54) is 18.2 Å². The molecule has 0 N–H and O–H groups in total. The summed E-state index contributed by atoms with van der Waals surface area (Å²) in [4.78, 5) is 35.9. The highest BCUT2D eigenvalue weighted by atomic mass is 35.5. The summed E-state index contributed by atoms with van der Waals surface area (Å²) in [5, 5.41) is 0.0560. The van der Waals surface area contributed by atoms with Gasteiger partial charge in [-0.05, 0) is 24.1 Å². The zero-order valence-corrected chi connectivity index (χ0v) is 12.7. The summed E-state index contributed by atoms with van der Waals surface area (Å²) in [6.07, 6.45) is 0.910. The van der Waals surface area contributed by atoms with Crippen molar-refractivity contribution in [3.63, 3.8) is 0 Å². The quantitative estimate of drug-likeness (QED) is 0.515. The molecule has 0 unspecified atom stereocenters. The fraction of sp³-hybridized carbons (Fsp3) is 0.357. The van der Waals surface area contributed by atoms with Crippen molar-refractivity contribution in [2.45, 2.75) is 25.0 Å². The van der Waals surface area contributed by atoms with Crippen molar-refractivity contribution in [1.82, 2.24) is 0 Å². The molecule has 0 atom stereocenters. The summed E-state index contributed by atoms with van der Waals surface area (Å²) in [6.45, 7) is 0. The molecule has 1 aromatic carbocycles. The first kappa shape index (κ1) is 15.9. The number of rotatable bonds is 4. The number of hydrogen-bond donors (Lipinski definition) is 1. The van der Waals surface area contributed by atoms with E-state index in [-0.39, 0.29) is 40.7 Å². The Morgan fingerprint density at radius 1 is 1.19 bits per heavy atom. The Balaban J connectivity index is 2.30. The van der Waals surface area contributed by atoms with Crippen molar-refractivity contribution in [2.24, 2.45) is 5.92 Å². The Bertz CT molecular complexity index is 669. The van der Waals surface area contributed by atoms with E-state index >= 15 is 0 Å². The second kappa shape index (κ2) is 6.49. The van der Waals surface area contributed by atoms with E-state index in [0.29, 0.717) is 12.0 Å². The molecule has 0 amide bonds. The average Bonchev–Trinajstić information content (AvgIpc) is 2.37. The molecule has 1 aliphatic carbocycles. The molecule has 0 radical (unpaired) electrons. The van der Waals surface area contributed by atoms with E-state index in [9.17, 15) is 22.8 Å². The maximum atomic E-state index is 12.3. The summed E-state index contributed by atoms with van der Waals surface area (Å²) >= 11 is 5.98. The lowest BCUT2D eigenvalue weighted by molar-refractivity contribution is -0.133. The number of carbonyl (C=O) groups excluding carboxylic acids is 3. The van der Waals surface area contributed by atoms with E-state index < -0.39 is 22.4 Å². The highest BCUT2D eigenvalue weighted by molar-refractivity contribution is 7.71. The number of benzene rings is 1. The van der Waals surface area contributed by atoms with Gasteiger partial charge in [-0.3, -0.25) is 14.4 Å². The predicted octanol–water partition coefficient (Wildman–Crippen LogP) is 1.57. The van der Waals surface area contributed by atoms with Crippen molar-refractivity contribution in [1.29, 1.82) is 0 Å². The summed E-state index contributed by atoms with van der Waals surface area (Å²) < 4.78 is 21.3. The van der Waals surface area contributed by atoms with Gasteiger partial charge in [0.05, 0.1) is 10.8 Å². The second-order valence-electron chi connectivity index (χ2n) is 4.89. The molecule has 5 nitrogen and oxygen atoms in total. The molecule has 1 fully saturated rings. The van der Waals surface area contributed by atoms with Crippen LogP contribution in [-0.4, -0.2) is 25.8 Å². The van der Waals surface area contributed by atoms with Crippen LogP contribution in [0.2, 0.25) is 5.02 Å². The third-order valence-electron chi connectivity index (χ3n) is 3.36. The molecule has 0 heterocycles. The Labute approximate surface area is 128 Å². The van der Waals surface area contributed by atoms with Crippen LogP contribution < -0.4 is 0 Å². The van der Waals surface area contributed by atoms with Gasteiger partial charge in [0.25, 0.3) is 0 Å². The molecule has 0 saturated heterocycles. The highest BCUT2D eigenvalue weighted by Crippen LogP contribution is 2.26. The molecule has 112 valence electrons. The van der Waals surface area contributed by atoms with Crippen LogP contribution >= 0.6 is 11.6 Å². The van der Waals surface area contributed by atoms with Crippen LogP contribution in [-0.2, 0) is 26.0 Å². The van der Waals surface area contributed by atoms with Gasteiger partial charge < -0.3 is 0 Å². The summed E-state index contributed by atoms with van der Waals surface area (Å²) in [5.41, 5.74) is 0.532. The highest BCUT2D eigenvalue weighted by Gasteiger charge is 2.37. The molecule has 0 spiro atoms. The maximum Gasteiger partial charge on any atom is 0.182 e. The lowest BCUT2D eigenvalue weighted by atomic mass is 9.81. The lowest BCUT2D eigenvalue weighted by Gasteiger charge is -2.18. The van der Waals surface area contributed by atoms with E-state index in [1.807, 2.05) is 0 Å². The predicted molar refractivity (Wildman–Crippen MR) is 77.2 cm³/mol. The minimum absolute atomic E-state index is 0.0560. The fourth-order valence-electron chi connectivity index (χ4n) is 2.36. The molecular formula is C14H13ClO5S. The SMILES string of the molecule is O=C1CCCC(=O)C1C(=O)c1ccc(C[SH](=O)=O)cc1Cl. The third-order valence-corrected chi connectivity index (χ3v) is 4.30. The van der Waals surface area contributed by atoms with Gasteiger partial charge in [0.2, 0.25) is 0 Å².